The van der Waals surface area contributed by atoms with Crippen LogP contribution in [0, 0.1) is 11.7 Å². The highest BCUT2D eigenvalue weighted by atomic mass is 35.5. The van der Waals surface area contributed by atoms with Crippen molar-refractivity contribution in [2.45, 2.75) is 37.5 Å². The number of halogens is 2. The summed E-state index contributed by atoms with van der Waals surface area (Å²) >= 11 is 7.54. The summed E-state index contributed by atoms with van der Waals surface area (Å²) in [5.41, 5.74) is 6.37. The van der Waals surface area contributed by atoms with Gasteiger partial charge in [0.1, 0.15) is 5.82 Å². The van der Waals surface area contributed by atoms with Gasteiger partial charge in [0.2, 0.25) is 5.91 Å². The number of carbonyl (C=O) groups is 1. The Morgan fingerprint density at radius 1 is 1.36 bits per heavy atom. The molecule has 0 unspecified atom stereocenters. The van der Waals surface area contributed by atoms with Crippen molar-refractivity contribution in [2.24, 2.45) is 11.7 Å². The molecule has 1 aromatic rings. The summed E-state index contributed by atoms with van der Waals surface area (Å²) in [7, 11) is 0. The largest absolute Gasteiger partial charge is 0.355 e. The van der Waals surface area contributed by atoms with E-state index in [2.05, 4.69) is 5.32 Å². The predicted octanol–water partition coefficient (Wildman–Crippen LogP) is 3.35. The third-order valence-corrected chi connectivity index (χ3v) is 5.34. The van der Waals surface area contributed by atoms with Crippen molar-refractivity contribution in [3.63, 3.8) is 0 Å². The maximum atomic E-state index is 13.6. The van der Waals surface area contributed by atoms with Gasteiger partial charge in [0, 0.05) is 40.6 Å². The summed E-state index contributed by atoms with van der Waals surface area (Å²) in [6, 6.07) is 4.96. The summed E-state index contributed by atoms with van der Waals surface area (Å²) < 4.78 is 13.6. The minimum atomic E-state index is -0.275. The second kappa shape index (κ2) is 8.75. The molecule has 0 bridgehead atoms. The number of amides is 1. The predicted molar refractivity (Wildman–Crippen MR) is 90.5 cm³/mol. The van der Waals surface area contributed by atoms with E-state index in [0.29, 0.717) is 22.9 Å². The van der Waals surface area contributed by atoms with Gasteiger partial charge in [0.05, 0.1) is 0 Å². The smallest absolute Gasteiger partial charge is 0.223 e. The Labute approximate surface area is 140 Å². The average Bonchev–Trinajstić information content (AvgIpc) is 2.50. The fourth-order valence-corrected chi connectivity index (χ4v) is 3.81. The molecule has 1 amide bonds. The zero-order chi connectivity index (χ0) is 15.9. The Morgan fingerprint density at radius 2 is 2.09 bits per heavy atom. The van der Waals surface area contributed by atoms with Gasteiger partial charge in [-0.05, 0) is 37.8 Å². The van der Waals surface area contributed by atoms with Gasteiger partial charge in [-0.1, -0.05) is 17.7 Å². The molecule has 1 fully saturated rings. The third-order valence-electron chi connectivity index (χ3n) is 4.00. The van der Waals surface area contributed by atoms with Gasteiger partial charge in [-0.25, -0.2) is 4.39 Å². The van der Waals surface area contributed by atoms with Crippen LogP contribution in [-0.2, 0) is 10.5 Å². The fraction of sp³-hybridized carbons (Fsp3) is 0.562. The molecule has 0 atom stereocenters. The van der Waals surface area contributed by atoms with E-state index >= 15 is 0 Å². The van der Waals surface area contributed by atoms with E-state index in [0.717, 1.165) is 31.4 Å². The molecular weight excluding hydrogens is 323 g/mol. The molecule has 122 valence electrons. The van der Waals surface area contributed by atoms with Gasteiger partial charge in [0.15, 0.2) is 0 Å². The van der Waals surface area contributed by atoms with E-state index in [1.54, 1.807) is 23.9 Å². The quantitative estimate of drug-likeness (QED) is 0.778. The van der Waals surface area contributed by atoms with Gasteiger partial charge in [0.25, 0.3) is 0 Å². The van der Waals surface area contributed by atoms with Crippen molar-refractivity contribution in [3.8, 4) is 0 Å². The number of hydrogen-bond acceptors (Lipinski definition) is 3. The number of carbonyl (C=O) groups excluding carboxylic acids is 1. The summed E-state index contributed by atoms with van der Waals surface area (Å²) in [6.45, 7) is 0.595. The van der Waals surface area contributed by atoms with Gasteiger partial charge >= 0.3 is 0 Å². The van der Waals surface area contributed by atoms with Crippen molar-refractivity contribution in [3.05, 3.63) is 34.6 Å². The molecule has 0 aromatic heterocycles. The molecule has 0 aliphatic heterocycles. The Bertz CT molecular complexity index is 487. The highest BCUT2D eigenvalue weighted by molar-refractivity contribution is 7.98. The normalized spacial score (nSPS) is 21.6. The van der Waals surface area contributed by atoms with Crippen molar-refractivity contribution >= 4 is 29.3 Å². The van der Waals surface area contributed by atoms with Gasteiger partial charge in [-0.15, -0.1) is 0 Å². The number of rotatable bonds is 6. The minimum absolute atomic E-state index is 0.103. The minimum Gasteiger partial charge on any atom is -0.355 e. The van der Waals surface area contributed by atoms with Crippen LogP contribution in [0.1, 0.15) is 31.2 Å². The van der Waals surface area contributed by atoms with Crippen LogP contribution in [-0.4, -0.2) is 24.2 Å². The number of hydrogen-bond donors (Lipinski definition) is 2. The molecule has 3 N–H and O–H groups in total. The standard InChI is InChI=1S/C16H22ClFN2OS/c17-14-2-1-3-15(18)13(14)10-22-9-8-20-16(21)11-4-6-12(19)7-5-11/h1-3,11-12H,4-10,19H2,(H,20,21). The molecule has 1 aliphatic rings. The van der Waals surface area contributed by atoms with Crippen molar-refractivity contribution in [2.75, 3.05) is 12.3 Å². The maximum Gasteiger partial charge on any atom is 0.223 e. The van der Waals surface area contributed by atoms with Crippen LogP contribution >= 0.6 is 23.4 Å². The summed E-state index contributed by atoms with van der Waals surface area (Å²) in [4.78, 5) is 12.0. The fourth-order valence-electron chi connectivity index (χ4n) is 2.62. The lowest BCUT2D eigenvalue weighted by Gasteiger charge is -2.25. The lowest BCUT2D eigenvalue weighted by molar-refractivity contribution is -0.125. The first-order valence-electron chi connectivity index (χ1n) is 7.62. The molecule has 0 heterocycles. The Kier molecular flexibility index (Phi) is 6.99. The van der Waals surface area contributed by atoms with Crippen molar-refractivity contribution in [1.29, 1.82) is 0 Å². The third kappa shape index (κ3) is 5.14. The number of benzene rings is 1. The Hall–Kier alpha value is -0.780. The topological polar surface area (TPSA) is 55.1 Å². The molecule has 22 heavy (non-hydrogen) atoms. The van der Waals surface area contributed by atoms with Crippen LogP contribution < -0.4 is 11.1 Å². The van der Waals surface area contributed by atoms with Gasteiger partial charge in [-0.3, -0.25) is 4.79 Å². The van der Waals surface area contributed by atoms with Crippen LogP contribution in [0.15, 0.2) is 18.2 Å². The maximum absolute atomic E-state index is 13.6. The zero-order valence-electron chi connectivity index (χ0n) is 12.5. The summed E-state index contributed by atoms with van der Waals surface area (Å²) in [6.07, 6.45) is 3.62. The number of nitrogens with one attached hydrogen (secondary N) is 1. The van der Waals surface area contributed by atoms with Gasteiger partial charge < -0.3 is 11.1 Å². The first kappa shape index (κ1) is 17.6. The van der Waals surface area contributed by atoms with E-state index in [1.807, 2.05) is 0 Å². The van der Waals surface area contributed by atoms with Crippen molar-refractivity contribution in [1.82, 2.24) is 5.32 Å². The lowest BCUT2D eigenvalue weighted by Crippen LogP contribution is -2.37. The van der Waals surface area contributed by atoms with Crippen LogP contribution in [0.5, 0.6) is 0 Å². The monoisotopic (exact) mass is 344 g/mol. The molecule has 0 saturated heterocycles. The number of thioether (sulfide) groups is 1. The number of nitrogens with two attached hydrogens (primary N) is 1. The van der Waals surface area contributed by atoms with Crippen LogP contribution in [0.4, 0.5) is 4.39 Å². The van der Waals surface area contributed by atoms with Crippen molar-refractivity contribution < 1.29 is 9.18 Å². The first-order valence-corrected chi connectivity index (χ1v) is 9.15. The van der Waals surface area contributed by atoms with Gasteiger partial charge in [-0.2, -0.15) is 11.8 Å². The average molecular weight is 345 g/mol. The molecule has 0 spiro atoms. The molecule has 1 aliphatic carbocycles. The van der Waals surface area contributed by atoms with Crippen LogP contribution in [0.2, 0.25) is 5.02 Å². The molecular formula is C16H22ClFN2OS. The van der Waals surface area contributed by atoms with E-state index < -0.39 is 0 Å². The highest BCUT2D eigenvalue weighted by Crippen LogP contribution is 2.24. The van der Waals surface area contributed by atoms with E-state index in [-0.39, 0.29) is 23.7 Å². The molecule has 2 rings (SSSR count). The zero-order valence-corrected chi connectivity index (χ0v) is 14.1. The SMILES string of the molecule is NC1CCC(C(=O)NCCSCc2c(F)cccc2Cl)CC1. The molecule has 6 heteroatoms. The molecule has 1 saturated carbocycles. The van der Waals surface area contributed by atoms with E-state index in [9.17, 15) is 9.18 Å². The second-order valence-electron chi connectivity index (χ2n) is 5.66. The summed E-state index contributed by atoms with van der Waals surface area (Å²) in [5.74, 6) is 1.20. The molecule has 3 nitrogen and oxygen atoms in total. The summed E-state index contributed by atoms with van der Waals surface area (Å²) in [5, 5.41) is 3.41. The lowest BCUT2D eigenvalue weighted by atomic mass is 9.86. The second-order valence-corrected chi connectivity index (χ2v) is 7.17. The van der Waals surface area contributed by atoms with Crippen LogP contribution in [0.25, 0.3) is 0 Å². The van der Waals surface area contributed by atoms with E-state index in [1.165, 1.54) is 6.07 Å². The van der Waals surface area contributed by atoms with Crippen LogP contribution in [0.3, 0.4) is 0 Å². The highest BCUT2D eigenvalue weighted by Gasteiger charge is 2.24. The molecule has 0 radical (unpaired) electrons. The molecule has 1 aromatic carbocycles. The van der Waals surface area contributed by atoms with E-state index in [4.69, 9.17) is 17.3 Å². The first-order chi connectivity index (χ1) is 10.6. The Balaban J connectivity index is 1.64. The Morgan fingerprint density at radius 3 is 2.77 bits per heavy atom.